The van der Waals surface area contributed by atoms with E-state index in [1.54, 1.807) is 5.38 Å². The normalized spacial score (nSPS) is 11.8. The van der Waals surface area contributed by atoms with Gasteiger partial charge in [0.05, 0.1) is 16.8 Å². The monoisotopic (exact) mass is 622 g/mol. The molecule has 0 fully saturated rings. The number of aromatic nitrogens is 2. The maximum Gasteiger partial charge on any atom is 0.280 e. The predicted octanol–water partition coefficient (Wildman–Crippen LogP) is 7.85. The van der Waals surface area contributed by atoms with Crippen molar-refractivity contribution in [3.8, 4) is 10.9 Å². The van der Waals surface area contributed by atoms with Gasteiger partial charge < -0.3 is 20.0 Å². The van der Waals surface area contributed by atoms with Crippen molar-refractivity contribution < 1.29 is 14.3 Å². The largest absolute Gasteiger partial charge is 0.494 e. The van der Waals surface area contributed by atoms with Gasteiger partial charge in [0.2, 0.25) is 10.7 Å². The van der Waals surface area contributed by atoms with E-state index in [0.29, 0.717) is 22.6 Å². The summed E-state index contributed by atoms with van der Waals surface area (Å²) < 4.78 is 12.7. The van der Waals surface area contributed by atoms with Crippen LogP contribution in [0.3, 0.4) is 0 Å². The Morgan fingerprint density at radius 3 is 2.00 bits per heavy atom. The van der Waals surface area contributed by atoms with E-state index < -0.39 is 5.60 Å². The zero-order valence-electron chi connectivity index (χ0n) is 23.0. The summed E-state index contributed by atoms with van der Waals surface area (Å²) in [6.07, 6.45) is 0. The number of anilines is 1. The van der Waals surface area contributed by atoms with E-state index in [-0.39, 0.29) is 10.8 Å². The Morgan fingerprint density at radius 2 is 1.47 bits per heavy atom. The highest BCUT2D eigenvalue weighted by Crippen LogP contribution is 2.41. The van der Waals surface area contributed by atoms with Gasteiger partial charge >= 0.3 is 0 Å². The first-order valence-corrected chi connectivity index (χ1v) is 15.6. The highest BCUT2D eigenvalue weighted by atomic mass is 32.1. The number of thiocarbonyl (C=S) groups is 1. The minimum Gasteiger partial charge on any atom is -0.494 e. The molecular formula is C33H26N4O3S3. The molecule has 0 unspecified atom stereocenters. The zero-order valence-corrected chi connectivity index (χ0v) is 25.5. The summed E-state index contributed by atoms with van der Waals surface area (Å²) in [6, 6.07) is 35.5. The predicted molar refractivity (Wildman–Crippen MR) is 177 cm³/mol. The molecule has 214 valence electrons. The molecule has 6 aromatic rings. The van der Waals surface area contributed by atoms with E-state index in [4.69, 9.17) is 37.4 Å². The maximum atomic E-state index is 6.68. The van der Waals surface area contributed by atoms with Gasteiger partial charge in [0.15, 0.2) is 10.8 Å². The molecule has 0 bridgehead atoms. The summed E-state index contributed by atoms with van der Waals surface area (Å²) in [5.74, 6) is 0.764. The van der Waals surface area contributed by atoms with Crippen LogP contribution < -0.4 is 15.2 Å². The molecule has 0 aliphatic heterocycles. The Bertz CT molecular complexity index is 1780. The Labute approximate surface area is 262 Å². The number of nitrogen functional groups attached to an aromatic ring is 1. The quantitative estimate of drug-likeness (QED) is 0.0720. The van der Waals surface area contributed by atoms with Crippen molar-refractivity contribution in [2.75, 3.05) is 12.3 Å². The van der Waals surface area contributed by atoms with Crippen LogP contribution in [0, 0.1) is 0 Å². The number of hydrogen-bond donors (Lipinski definition) is 1. The summed E-state index contributed by atoms with van der Waals surface area (Å²) in [6.45, 7) is 2.52. The lowest BCUT2D eigenvalue weighted by atomic mass is 9.80. The SMILES string of the molecule is CCOc1ccc2nc(OC(=S)/C(=N\OC(c3ccccc3)(c3ccccc3)c3ccccc3)c3csc(N)n3)sc2c1. The number of benzene rings is 4. The van der Waals surface area contributed by atoms with Crippen molar-refractivity contribution in [2.45, 2.75) is 12.5 Å². The second-order valence-electron chi connectivity index (χ2n) is 9.31. The molecule has 43 heavy (non-hydrogen) atoms. The standard InChI is InChI=1S/C33H26N4O3S3/c1-2-38-25-18-19-26-28(20-25)43-32(36-26)39-30(41)29(27-21-42-31(34)35-27)37-40-33(22-12-6-3-7-13-22,23-14-8-4-9-15-23)24-16-10-5-11-17-24/h3-21H,2H2,1H3,(H2,34,35)/b37-29-. The number of rotatable bonds is 10. The minimum atomic E-state index is -1.11. The minimum absolute atomic E-state index is 0.0532. The molecule has 4 aromatic carbocycles. The van der Waals surface area contributed by atoms with Crippen molar-refractivity contribution in [1.29, 1.82) is 0 Å². The van der Waals surface area contributed by atoms with Gasteiger partial charge in [-0.1, -0.05) is 107 Å². The topological polar surface area (TPSA) is 91.8 Å². The molecule has 2 N–H and O–H groups in total. The van der Waals surface area contributed by atoms with Gasteiger partial charge in [-0.05, 0) is 37.3 Å². The van der Waals surface area contributed by atoms with E-state index in [1.807, 2.05) is 116 Å². The van der Waals surface area contributed by atoms with E-state index in [9.17, 15) is 0 Å². The number of hydrogen-bond acceptors (Lipinski definition) is 10. The molecule has 0 atom stereocenters. The lowest BCUT2D eigenvalue weighted by Gasteiger charge is -2.33. The molecule has 0 aliphatic rings. The summed E-state index contributed by atoms with van der Waals surface area (Å²) in [5, 5.41) is 7.26. The second-order valence-corrected chi connectivity index (χ2v) is 11.6. The van der Waals surface area contributed by atoms with Gasteiger partial charge in [-0.15, -0.1) is 11.3 Å². The van der Waals surface area contributed by atoms with Crippen LogP contribution in [0.1, 0.15) is 29.3 Å². The third-order valence-corrected chi connectivity index (χ3v) is 8.45. The van der Waals surface area contributed by atoms with Crippen LogP contribution in [-0.4, -0.2) is 27.3 Å². The molecule has 0 radical (unpaired) electrons. The average molecular weight is 623 g/mol. The van der Waals surface area contributed by atoms with Crippen molar-refractivity contribution in [2.24, 2.45) is 5.16 Å². The first kappa shape index (κ1) is 28.5. The first-order valence-electron chi connectivity index (χ1n) is 13.5. The third-order valence-electron chi connectivity index (χ3n) is 6.60. The van der Waals surface area contributed by atoms with Crippen LogP contribution in [0.2, 0.25) is 0 Å². The van der Waals surface area contributed by atoms with Gasteiger partial charge in [-0.25, -0.2) is 9.97 Å². The van der Waals surface area contributed by atoms with Crippen LogP contribution in [0.15, 0.2) is 120 Å². The molecule has 7 nitrogen and oxygen atoms in total. The summed E-state index contributed by atoms with van der Waals surface area (Å²) in [7, 11) is 0. The van der Waals surface area contributed by atoms with Crippen LogP contribution in [0.5, 0.6) is 10.9 Å². The van der Waals surface area contributed by atoms with Gasteiger partial charge in [0, 0.05) is 22.1 Å². The van der Waals surface area contributed by atoms with Gasteiger partial charge in [-0.2, -0.15) is 0 Å². The lowest BCUT2D eigenvalue weighted by Crippen LogP contribution is -2.32. The smallest absolute Gasteiger partial charge is 0.280 e. The Kier molecular flexibility index (Phi) is 8.41. The molecule has 0 amide bonds. The highest BCUT2D eigenvalue weighted by Gasteiger charge is 2.40. The Hall–Kier alpha value is -4.64. The van der Waals surface area contributed by atoms with Crippen LogP contribution >= 0.6 is 34.9 Å². The van der Waals surface area contributed by atoms with E-state index in [1.165, 1.54) is 22.7 Å². The lowest BCUT2D eigenvalue weighted by molar-refractivity contribution is 0.0176. The number of nitrogens with two attached hydrogens (primary N) is 1. The van der Waals surface area contributed by atoms with E-state index in [2.05, 4.69) is 9.97 Å². The number of ether oxygens (including phenoxy) is 2. The van der Waals surface area contributed by atoms with Crippen molar-refractivity contribution >= 4 is 61.0 Å². The number of oxime groups is 1. The molecule has 0 spiro atoms. The van der Waals surface area contributed by atoms with Crippen LogP contribution in [0.25, 0.3) is 10.2 Å². The van der Waals surface area contributed by atoms with Crippen LogP contribution in [-0.2, 0) is 10.4 Å². The summed E-state index contributed by atoms with van der Waals surface area (Å²) in [4.78, 5) is 15.7. The maximum absolute atomic E-state index is 6.68. The fourth-order valence-electron chi connectivity index (χ4n) is 4.69. The number of fused-ring (bicyclic) bond motifs is 1. The number of nitrogens with zero attached hydrogens (tertiary/aromatic N) is 3. The van der Waals surface area contributed by atoms with Crippen molar-refractivity contribution in [3.05, 3.63) is 137 Å². The fraction of sp³-hybridized carbons (Fsp3) is 0.0909. The van der Waals surface area contributed by atoms with E-state index in [0.717, 1.165) is 32.7 Å². The molecule has 0 saturated heterocycles. The fourth-order valence-corrected chi connectivity index (χ4v) is 6.36. The van der Waals surface area contributed by atoms with Crippen molar-refractivity contribution in [3.63, 3.8) is 0 Å². The Morgan fingerprint density at radius 1 is 0.860 bits per heavy atom. The molecular weight excluding hydrogens is 597 g/mol. The molecule has 10 heteroatoms. The molecule has 0 saturated carbocycles. The highest BCUT2D eigenvalue weighted by molar-refractivity contribution is 7.81. The van der Waals surface area contributed by atoms with Gasteiger partial charge in [0.25, 0.3) is 5.19 Å². The van der Waals surface area contributed by atoms with Crippen LogP contribution in [0.4, 0.5) is 5.13 Å². The average Bonchev–Trinajstić information content (AvgIpc) is 3.66. The Balaban J connectivity index is 1.44. The number of thiazole rings is 2. The molecule has 2 aromatic heterocycles. The second kappa shape index (κ2) is 12.7. The van der Waals surface area contributed by atoms with Crippen molar-refractivity contribution in [1.82, 2.24) is 9.97 Å². The molecule has 2 heterocycles. The van der Waals surface area contributed by atoms with Gasteiger partial charge in [-0.3, -0.25) is 0 Å². The third kappa shape index (κ3) is 5.98. The molecule has 6 rings (SSSR count). The zero-order chi connectivity index (χ0) is 29.6. The van der Waals surface area contributed by atoms with E-state index >= 15 is 0 Å². The molecule has 0 aliphatic carbocycles. The van der Waals surface area contributed by atoms with Gasteiger partial charge in [0.1, 0.15) is 11.4 Å². The summed E-state index contributed by atoms with van der Waals surface area (Å²) in [5.41, 5.74) is 9.00. The summed E-state index contributed by atoms with van der Waals surface area (Å²) >= 11 is 8.43. The first-order chi connectivity index (χ1) is 21.1.